The maximum Gasteiger partial charge on any atom is 0.233 e. The van der Waals surface area contributed by atoms with Gasteiger partial charge in [0.05, 0.1) is 0 Å². The minimum atomic E-state index is 0.380. The number of nitrogens with one attached hydrogen (secondary N) is 1. The van der Waals surface area contributed by atoms with Gasteiger partial charge in [-0.3, -0.25) is 0 Å². The molecule has 0 aromatic carbocycles. The van der Waals surface area contributed by atoms with Crippen molar-refractivity contribution < 1.29 is 0 Å². The van der Waals surface area contributed by atoms with Gasteiger partial charge in [-0.05, 0) is 32.7 Å². The highest BCUT2D eigenvalue weighted by atomic mass is 32.1. The van der Waals surface area contributed by atoms with Crippen LogP contribution in [0.5, 0.6) is 0 Å². The number of piperidine rings is 2. The van der Waals surface area contributed by atoms with Crippen molar-refractivity contribution in [1.29, 1.82) is 0 Å². The molecule has 5 nitrogen and oxygen atoms in total. The maximum atomic E-state index is 5.54. The van der Waals surface area contributed by atoms with E-state index < -0.39 is 0 Å². The van der Waals surface area contributed by atoms with Gasteiger partial charge in [0, 0.05) is 29.7 Å². The van der Waals surface area contributed by atoms with Crippen molar-refractivity contribution in [2.24, 2.45) is 0 Å². The lowest BCUT2D eigenvalue weighted by Crippen LogP contribution is -2.52. The Balaban J connectivity index is 1.66. The Morgan fingerprint density at radius 1 is 1.35 bits per heavy atom. The van der Waals surface area contributed by atoms with E-state index in [2.05, 4.69) is 26.6 Å². The van der Waals surface area contributed by atoms with Crippen molar-refractivity contribution in [1.82, 2.24) is 14.3 Å². The second kappa shape index (κ2) is 4.42. The van der Waals surface area contributed by atoms with Crippen LogP contribution in [-0.2, 0) is 0 Å². The quantitative estimate of drug-likeness (QED) is 0.837. The fraction of sp³-hybridized carbons (Fsp3) is 0.818. The van der Waals surface area contributed by atoms with E-state index in [9.17, 15) is 0 Å². The van der Waals surface area contributed by atoms with Crippen molar-refractivity contribution in [3.05, 3.63) is 0 Å². The highest BCUT2D eigenvalue weighted by Crippen LogP contribution is 2.34. The minimum absolute atomic E-state index is 0.380. The predicted molar refractivity (Wildman–Crippen MR) is 70.2 cm³/mol. The zero-order valence-corrected chi connectivity index (χ0v) is 10.9. The molecule has 3 N–H and O–H groups in total. The van der Waals surface area contributed by atoms with E-state index in [0.29, 0.717) is 12.0 Å². The molecule has 17 heavy (non-hydrogen) atoms. The Kier molecular flexibility index (Phi) is 2.92. The Morgan fingerprint density at radius 3 is 2.65 bits per heavy atom. The lowest BCUT2D eigenvalue weighted by Gasteiger charge is -2.47. The van der Waals surface area contributed by atoms with Gasteiger partial charge in [0.15, 0.2) is 0 Å². The van der Waals surface area contributed by atoms with Crippen LogP contribution in [0, 0.1) is 0 Å². The van der Waals surface area contributed by atoms with Gasteiger partial charge in [-0.25, -0.2) is 0 Å². The van der Waals surface area contributed by atoms with Crippen LogP contribution in [0.2, 0.25) is 0 Å². The van der Waals surface area contributed by atoms with E-state index in [4.69, 9.17) is 5.73 Å². The third-order valence-corrected chi connectivity index (χ3v) is 4.77. The second-order valence-electron chi connectivity index (χ2n) is 5.17. The number of rotatable bonds is 2. The first-order valence-corrected chi connectivity index (χ1v) is 7.07. The molecule has 2 unspecified atom stereocenters. The van der Waals surface area contributed by atoms with E-state index in [1.54, 1.807) is 0 Å². The molecular weight excluding hydrogens is 234 g/mol. The average molecular weight is 253 g/mol. The molecule has 0 spiro atoms. The standard InChI is InChI=1S/C11H19N5S/c1-16-8-3-2-4-9(16)6-7(5-8)13-11-14-10(12)15-17-11/h7-9H,2-6H2,1H3,(H3,12,13,14,15). The third-order valence-electron chi connectivity index (χ3n) is 4.11. The van der Waals surface area contributed by atoms with Crippen molar-refractivity contribution in [2.45, 2.75) is 50.2 Å². The van der Waals surface area contributed by atoms with Gasteiger partial charge < -0.3 is 16.0 Å². The molecule has 1 aromatic rings. The summed E-state index contributed by atoms with van der Waals surface area (Å²) in [6.45, 7) is 0. The molecule has 0 amide bonds. The third kappa shape index (κ3) is 2.24. The van der Waals surface area contributed by atoms with Crippen molar-refractivity contribution in [3.63, 3.8) is 0 Å². The number of nitrogens with zero attached hydrogens (tertiary/aromatic N) is 3. The summed E-state index contributed by atoms with van der Waals surface area (Å²) in [5, 5.41) is 4.36. The summed E-state index contributed by atoms with van der Waals surface area (Å²) in [6.07, 6.45) is 6.49. The fourth-order valence-corrected chi connectivity index (χ4v) is 3.78. The van der Waals surface area contributed by atoms with Gasteiger partial charge in [-0.2, -0.15) is 9.36 Å². The van der Waals surface area contributed by atoms with Gasteiger partial charge in [0.2, 0.25) is 11.1 Å². The minimum Gasteiger partial charge on any atom is -0.367 e. The van der Waals surface area contributed by atoms with E-state index in [-0.39, 0.29) is 0 Å². The molecule has 94 valence electrons. The number of hydrogen-bond donors (Lipinski definition) is 2. The lowest BCUT2D eigenvalue weighted by atomic mass is 9.82. The first kappa shape index (κ1) is 11.2. The molecule has 2 saturated heterocycles. The number of aromatic nitrogens is 2. The summed E-state index contributed by atoms with van der Waals surface area (Å²) in [4.78, 5) is 6.74. The van der Waals surface area contributed by atoms with Crippen LogP contribution in [0.3, 0.4) is 0 Å². The van der Waals surface area contributed by atoms with E-state index >= 15 is 0 Å². The normalized spacial score (nSPS) is 33.6. The lowest BCUT2D eigenvalue weighted by molar-refractivity contribution is 0.0608. The summed E-state index contributed by atoms with van der Waals surface area (Å²) >= 11 is 1.36. The molecule has 2 fully saturated rings. The van der Waals surface area contributed by atoms with Gasteiger partial charge in [-0.1, -0.05) is 6.42 Å². The van der Waals surface area contributed by atoms with Gasteiger partial charge in [0.1, 0.15) is 0 Å². The summed E-state index contributed by atoms with van der Waals surface area (Å²) < 4.78 is 4.00. The number of nitrogens with two attached hydrogens (primary N) is 1. The van der Waals surface area contributed by atoms with Crippen LogP contribution in [-0.4, -0.2) is 39.4 Å². The first-order valence-electron chi connectivity index (χ1n) is 6.30. The van der Waals surface area contributed by atoms with Crippen molar-refractivity contribution in [2.75, 3.05) is 18.1 Å². The number of fused-ring (bicyclic) bond motifs is 2. The van der Waals surface area contributed by atoms with Crippen LogP contribution in [0.1, 0.15) is 32.1 Å². The molecule has 2 aliphatic heterocycles. The van der Waals surface area contributed by atoms with Crippen molar-refractivity contribution in [3.8, 4) is 0 Å². The molecule has 3 heterocycles. The predicted octanol–water partition coefficient (Wildman–Crippen LogP) is 1.55. The largest absolute Gasteiger partial charge is 0.367 e. The number of hydrogen-bond acceptors (Lipinski definition) is 6. The van der Waals surface area contributed by atoms with E-state index in [0.717, 1.165) is 17.2 Å². The fourth-order valence-electron chi connectivity index (χ4n) is 3.20. The van der Waals surface area contributed by atoms with Gasteiger partial charge in [0.25, 0.3) is 0 Å². The van der Waals surface area contributed by atoms with Crippen LogP contribution in [0.25, 0.3) is 0 Å². The van der Waals surface area contributed by atoms with Crippen LogP contribution in [0.4, 0.5) is 11.1 Å². The Bertz CT molecular complexity index is 379. The number of anilines is 2. The van der Waals surface area contributed by atoms with Crippen LogP contribution < -0.4 is 11.1 Å². The summed E-state index contributed by atoms with van der Waals surface area (Å²) in [7, 11) is 2.27. The second-order valence-corrected chi connectivity index (χ2v) is 5.93. The van der Waals surface area contributed by atoms with Gasteiger partial charge in [-0.15, -0.1) is 0 Å². The molecule has 1 aromatic heterocycles. The van der Waals surface area contributed by atoms with E-state index in [1.165, 1.54) is 43.6 Å². The first-order chi connectivity index (χ1) is 8.22. The highest BCUT2D eigenvalue weighted by molar-refractivity contribution is 7.09. The SMILES string of the molecule is CN1C2CCCC1CC(Nc1nc(N)ns1)C2. The molecule has 2 atom stereocenters. The zero-order chi connectivity index (χ0) is 11.8. The summed E-state index contributed by atoms with van der Waals surface area (Å²) in [5.41, 5.74) is 5.54. The maximum absolute atomic E-state index is 5.54. The van der Waals surface area contributed by atoms with Crippen LogP contribution >= 0.6 is 11.5 Å². The molecule has 3 rings (SSSR count). The molecule has 6 heteroatoms. The topological polar surface area (TPSA) is 67.1 Å². The summed E-state index contributed by atoms with van der Waals surface area (Å²) in [5.74, 6) is 0.380. The average Bonchev–Trinajstić information content (AvgIpc) is 2.66. The Hall–Kier alpha value is -0.880. The molecule has 2 aliphatic rings. The monoisotopic (exact) mass is 253 g/mol. The Labute approximate surface area is 106 Å². The molecule has 0 aliphatic carbocycles. The zero-order valence-electron chi connectivity index (χ0n) is 10.1. The highest BCUT2D eigenvalue weighted by Gasteiger charge is 2.36. The van der Waals surface area contributed by atoms with Crippen molar-refractivity contribution >= 4 is 22.6 Å². The van der Waals surface area contributed by atoms with E-state index in [1.807, 2.05) is 0 Å². The Morgan fingerprint density at radius 2 is 2.06 bits per heavy atom. The number of nitrogen functional groups attached to an aromatic ring is 1. The molecule has 0 radical (unpaired) electrons. The molecule has 2 bridgehead atoms. The van der Waals surface area contributed by atoms with Crippen LogP contribution in [0.15, 0.2) is 0 Å². The summed E-state index contributed by atoms with van der Waals surface area (Å²) in [6, 6.07) is 2.02. The smallest absolute Gasteiger partial charge is 0.233 e. The molecule has 0 saturated carbocycles. The molecular formula is C11H19N5S. The van der Waals surface area contributed by atoms with Gasteiger partial charge >= 0.3 is 0 Å².